The monoisotopic (exact) mass is 405 g/mol. The molecule has 0 bridgehead atoms. The van der Waals surface area contributed by atoms with Gasteiger partial charge in [-0.1, -0.05) is 35.5 Å². The second-order valence-electron chi connectivity index (χ2n) is 5.55. The normalized spacial score (nSPS) is 10.7. The number of carbonyl (C=O) groups is 1. The molecule has 0 fully saturated rings. The molecule has 0 radical (unpaired) electrons. The number of H-pyrrole nitrogens is 1. The fourth-order valence-corrected chi connectivity index (χ4v) is 3.30. The molecular formula is C17H16ClN5O3S. The van der Waals surface area contributed by atoms with E-state index in [0.29, 0.717) is 23.9 Å². The van der Waals surface area contributed by atoms with Crippen molar-refractivity contribution in [2.24, 2.45) is 0 Å². The van der Waals surface area contributed by atoms with Crippen molar-refractivity contribution >= 4 is 51.7 Å². The molecule has 2 aromatic carbocycles. The van der Waals surface area contributed by atoms with Crippen LogP contribution in [-0.4, -0.2) is 39.6 Å². The summed E-state index contributed by atoms with van der Waals surface area (Å²) < 4.78 is 0. The summed E-state index contributed by atoms with van der Waals surface area (Å²) in [6.45, 7) is 0.839. The van der Waals surface area contributed by atoms with E-state index in [0.717, 1.165) is 11.0 Å². The maximum atomic E-state index is 11.9. The van der Waals surface area contributed by atoms with Gasteiger partial charge in [-0.15, -0.1) is 0 Å². The van der Waals surface area contributed by atoms with E-state index in [1.54, 1.807) is 6.07 Å². The van der Waals surface area contributed by atoms with Gasteiger partial charge in [-0.05, 0) is 18.2 Å². The van der Waals surface area contributed by atoms with Crippen molar-refractivity contribution in [1.82, 2.24) is 15.3 Å². The Bertz CT molecular complexity index is 945. The predicted octanol–water partition coefficient (Wildman–Crippen LogP) is 3.44. The maximum absolute atomic E-state index is 11.9. The summed E-state index contributed by atoms with van der Waals surface area (Å²) in [6, 6.07) is 11.9. The number of aromatic amines is 1. The first-order valence-electron chi connectivity index (χ1n) is 8.05. The van der Waals surface area contributed by atoms with E-state index < -0.39 is 4.92 Å². The Labute approximate surface area is 163 Å². The van der Waals surface area contributed by atoms with Gasteiger partial charge < -0.3 is 15.6 Å². The average molecular weight is 406 g/mol. The Balaban J connectivity index is 1.40. The molecule has 3 rings (SSSR count). The largest absolute Gasteiger partial charge is 0.382 e. The molecule has 0 aliphatic rings. The number of amides is 1. The molecule has 1 heterocycles. The Morgan fingerprint density at radius 1 is 1.26 bits per heavy atom. The highest BCUT2D eigenvalue weighted by Gasteiger charge is 2.09. The zero-order chi connectivity index (χ0) is 19.2. The zero-order valence-electron chi connectivity index (χ0n) is 14.1. The van der Waals surface area contributed by atoms with Gasteiger partial charge in [0.2, 0.25) is 5.91 Å². The molecular weight excluding hydrogens is 390 g/mol. The van der Waals surface area contributed by atoms with E-state index in [1.165, 1.54) is 23.9 Å². The molecule has 140 valence electrons. The van der Waals surface area contributed by atoms with Gasteiger partial charge in [0.25, 0.3) is 5.69 Å². The average Bonchev–Trinajstić information content (AvgIpc) is 3.07. The first-order valence-corrected chi connectivity index (χ1v) is 9.41. The van der Waals surface area contributed by atoms with E-state index in [4.69, 9.17) is 11.6 Å². The molecule has 10 heteroatoms. The number of imidazole rings is 1. The number of halogens is 1. The van der Waals surface area contributed by atoms with Crippen molar-refractivity contribution < 1.29 is 9.72 Å². The molecule has 3 aromatic rings. The highest BCUT2D eigenvalue weighted by atomic mass is 35.5. The van der Waals surface area contributed by atoms with Crippen LogP contribution in [0.2, 0.25) is 5.02 Å². The third-order valence-corrected chi connectivity index (χ3v) is 4.82. The Hall–Kier alpha value is -2.78. The third-order valence-electron chi connectivity index (χ3n) is 3.63. The number of nitrogens with one attached hydrogen (secondary N) is 3. The summed E-state index contributed by atoms with van der Waals surface area (Å²) in [7, 11) is 0. The summed E-state index contributed by atoms with van der Waals surface area (Å²) in [5.74, 6) is 0.134. The van der Waals surface area contributed by atoms with Gasteiger partial charge >= 0.3 is 0 Å². The Morgan fingerprint density at radius 3 is 2.81 bits per heavy atom. The van der Waals surface area contributed by atoms with Gasteiger partial charge in [-0.2, -0.15) is 0 Å². The van der Waals surface area contributed by atoms with E-state index in [2.05, 4.69) is 20.6 Å². The molecule has 0 spiro atoms. The summed E-state index contributed by atoms with van der Waals surface area (Å²) in [5, 5.41) is 17.5. The number of aromatic nitrogens is 2. The van der Waals surface area contributed by atoms with Crippen molar-refractivity contribution in [1.29, 1.82) is 0 Å². The summed E-state index contributed by atoms with van der Waals surface area (Å²) in [5.41, 5.74) is 2.31. The molecule has 8 nitrogen and oxygen atoms in total. The second-order valence-corrected chi connectivity index (χ2v) is 6.92. The molecule has 1 aromatic heterocycles. The lowest BCUT2D eigenvalue weighted by atomic mass is 10.3. The van der Waals surface area contributed by atoms with Crippen molar-refractivity contribution in [3.8, 4) is 0 Å². The van der Waals surface area contributed by atoms with E-state index in [9.17, 15) is 14.9 Å². The van der Waals surface area contributed by atoms with E-state index >= 15 is 0 Å². The van der Waals surface area contributed by atoms with Crippen molar-refractivity contribution in [3.63, 3.8) is 0 Å². The van der Waals surface area contributed by atoms with Crippen LogP contribution in [-0.2, 0) is 4.79 Å². The summed E-state index contributed by atoms with van der Waals surface area (Å²) in [4.78, 5) is 29.7. The van der Waals surface area contributed by atoms with E-state index in [-0.39, 0.29) is 22.4 Å². The summed E-state index contributed by atoms with van der Waals surface area (Å²) >= 11 is 7.33. The molecule has 0 unspecified atom stereocenters. The van der Waals surface area contributed by atoms with Gasteiger partial charge in [0, 0.05) is 25.2 Å². The molecule has 0 saturated heterocycles. The SMILES string of the molecule is O=C(CSc1nc2ccccc2[nH]1)NCCNc1ccc([N+](=O)[O-])cc1Cl. The first-order chi connectivity index (χ1) is 13.0. The van der Waals surface area contributed by atoms with Gasteiger partial charge in [0.1, 0.15) is 0 Å². The lowest BCUT2D eigenvalue weighted by molar-refractivity contribution is -0.384. The van der Waals surface area contributed by atoms with Crippen LogP contribution in [0, 0.1) is 10.1 Å². The fourth-order valence-electron chi connectivity index (χ4n) is 2.34. The molecule has 0 aliphatic heterocycles. The summed E-state index contributed by atoms with van der Waals surface area (Å²) in [6.07, 6.45) is 0. The van der Waals surface area contributed by atoms with Crippen LogP contribution in [0.15, 0.2) is 47.6 Å². The van der Waals surface area contributed by atoms with Crippen LogP contribution < -0.4 is 10.6 Å². The van der Waals surface area contributed by atoms with Crippen LogP contribution >= 0.6 is 23.4 Å². The predicted molar refractivity (Wildman–Crippen MR) is 106 cm³/mol. The number of benzene rings is 2. The van der Waals surface area contributed by atoms with Crippen LogP contribution in [0.3, 0.4) is 0 Å². The molecule has 0 saturated carbocycles. The van der Waals surface area contributed by atoms with Crippen LogP contribution in [0.1, 0.15) is 0 Å². The van der Waals surface area contributed by atoms with Gasteiger partial charge in [0.05, 0.1) is 32.4 Å². The topological polar surface area (TPSA) is 113 Å². The number of non-ortho nitro benzene ring substituents is 1. The fraction of sp³-hybridized carbons (Fsp3) is 0.176. The number of hydrogen-bond acceptors (Lipinski definition) is 6. The number of fused-ring (bicyclic) bond motifs is 1. The number of thioether (sulfide) groups is 1. The number of carbonyl (C=O) groups excluding carboxylic acids is 1. The van der Waals surface area contributed by atoms with Gasteiger partial charge in [-0.25, -0.2) is 4.98 Å². The number of nitro benzene ring substituents is 1. The molecule has 0 aliphatic carbocycles. The Morgan fingerprint density at radius 2 is 2.07 bits per heavy atom. The smallest absolute Gasteiger partial charge is 0.271 e. The second kappa shape index (κ2) is 8.74. The van der Waals surface area contributed by atoms with Gasteiger partial charge in [0.15, 0.2) is 5.16 Å². The standard InChI is InChI=1S/C17H16ClN5O3S/c18-12-9-11(23(25)26)5-6-13(12)19-7-8-20-16(24)10-27-17-21-14-3-1-2-4-15(14)22-17/h1-6,9,19H,7-8,10H2,(H,20,24)(H,21,22). The minimum atomic E-state index is -0.504. The Kier molecular flexibility index (Phi) is 6.15. The van der Waals surface area contributed by atoms with Crippen molar-refractivity contribution in [2.75, 3.05) is 24.2 Å². The number of para-hydroxylation sites is 2. The van der Waals surface area contributed by atoms with Crippen LogP contribution in [0.25, 0.3) is 11.0 Å². The van der Waals surface area contributed by atoms with Crippen molar-refractivity contribution in [2.45, 2.75) is 5.16 Å². The zero-order valence-corrected chi connectivity index (χ0v) is 15.6. The lowest BCUT2D eigenvalue weighted by Crippen LogP contribution is -2.30. The van der Waals surface area contributed by atoms with Crippen LogP contribution in [0.5, 0.6) is 0 Å². The number of nitro groups is 1. The molecule has 0 atom stereocenters. The molecule has 3 N–H and O–H groups in total. The van der Waals surface area contributed by atoms with Crippen LogP contribution in [0.4, 0.5) is 11.4 Å². The quantitative estimate of drug-likeness (QED) is 0.229. The number of anilines is 1. The molecule has 27 heavy (non-hydrogen) atoms. The maximum Gasteiger partial charge on any atom is 0.271 e. The highest BCUT2D eigenvalue weighted by Crippen LogP contribution is 2.26. The lowest BCUT2D eigenvalue weighted by Gasteiger charge is -2.09. The first kappa shape index (κ1) is 19.0. The number of hydrogen-bond donors (Lipinski definition) is 3. The van der Waals surface area contributed by atoms with Crippen molar-refractivity contribution in [3.05, 3.63) is 57.6 Å². The highest BCUT2D eigenvalue weighted by molar-refractivity contribution is 7.99. The third kappa shape index (κ3) is 5.11. The van der Waals surface area contributed by atoms with E-state index in [1.807, 2.05) is 24.3 Å². The number of nitrogens with zero attached hydrogens (tertiary/aromatic N) is 2. The molecule has 1 amide bonds. The van der Waals surface area contributed by atoms with Gasteiger partial charge in [-0.3, -0.25) is 14.9 Å². The minimum Gasteiger partial charge on any atom is -0.382 e. The minimum absolute atomic E-state index is 0.0681. The number of rotatable bonds is 8.